The molecule has 1 aliphatic rings. The van der Waals surface area contributed by atoms with Gasteiger partial charge in [-0.05, 0) is 31.1 Å². The molecule has 18 heavy (non-hydrogen) atoms. The zero-order chi connectivity index (χ0) is 12.5. The number of aromatic amines is 1. The Kier molecular flexibility index (Phi) is 2.76. The lowest BCUT2D eigenvalue weighted by Crippen LogP contribution is -2.48. The van der Waals surface area contributed by atoms with E-state index in [1.807, 2.05) is 25.1 Å². The van der Waals surface area contributed by atoms with Crippen molar-refractivity contribution in [1.29, 1.82) is 0 Å². The molecule has 1 aliphatic heterocycles. The van der Waals surface area contributed by atoms with E-state index in [0.29, 0.717) is 5.92 Å². The minimum atomic E-state index is 0.0282. The van der Waals surface area contributed by atoms with E-state index >= 15 is 0 Å². The first-order valence-corrected chi connectivity index (χ1v) is 6.19. The van der Waals surface area contributed by atoms with E-state index in [1.165, 1.54) is 0 Å². The summed E-state index contributed by atoms with van der Waals surface area (Å²) in [5, 5.41) is 6.16. The number of fused-ring (bicyclic) bond motifs is 1. The van der Waals surface area contributed by atoms with Crippen LogP contribution in [0, 0.1) is 11.8 Å². The van der Waals surface area contributed by atoms with Crippen molar-refractivity contribution in [3.63, 3.8) is 0 Å². The fourth-order valence-electron chi connectivity index (χ4n) is 2.19. The number of anilines is 1. The molecule has 3 rings (SSSR count). The van der Waals surface area contributed by atoms with E-state index in [0.717, 1.165) is 29.8 Å². The molecule has 1 aromatic heterocycles. The molecule has 2 aromatic rings. The third-order valence-electron chi connectivity index (χ3n) is 3.64. The van der Waals surface area contributed by atoms with E-state index in [1.54, 1.807) is 6.33 Å². The van der Waals surface area contributed by atoms with Crippen LogP contribution >= 0.6 is 0 Å². The van der Waals surface area contributed by atoms with Gasteiger partial charge >= 0.3 is 0 Å². The molecule has 1 amide bonds. The summed E-state index contributed by atoms with van der Waals surface area (Å²) in [6, 6.07) is 5.73. The molecule has 1 fully saturated rings. The molecule has 0 radical (unpaired) electrons. The molecule has 2 heterocycles. The number of carbonyl (C=O) groups excluding carboxylic acids is 1. The Balaban J connectivity index is 1.79. The molecule has 94 valence electrons. The van der Waals surface area contributed by atoms with Crippen LogP contribution in [0.3, 0.4) is 0 Å². The number of aromatic nitrogens is 2. The minimum Gasteiger partial charge on any atom is -0.345 e. The maximum Gasteiger partial charge on any atom is 0.227 e. The Hall–Kier alpha value is -1.88. The van der Waals surface area contributed by atoms with Crippen molar-refractivity contribution < 1.29 is 4.79 Å². The summed E-state index contributed by atoms with van der Waals surface area (Å²) in [6.45, 7) is 3.84. The van der Waals surface area contributed by atoms with Crippen molar-refractivity contribution in [3.05, 3.63) is 24.5 Å². The van der Waals surface area contributed by atoms with Gasteiger partial charge in [0, 0.05) is 5.92 Å². The van der Waals surface area contributed by atoms with Crippen molar-refractivity contribution in [2.45, 2.75) is 6.92 Å². The summed E-state index contributed by atoms with van der Waals surface area (Å²) in [6.07, 6.45) is 1.64. The number of amides is 1. The van der Waals surface area contributed by atoms with Gasteiger partial charge in [0.15, 0.2) is 0 Å². The molecule has 1 atom stereocenters. The van der Waals surface area contributed by atoms with Gasteiger partial charge in [-0.3, -0.25) is 4.79 Å². The molecular formula is C13H16N4O. The summed E-state index contributed by atoms with van der Waals surface area (Å²) in [5.74, 6) is 0.542. The summed E-state index contributed by atoms with van der Waals surface area (Å²) >= 11 is 0. The number of nitrogens with one attached hydrogen (secondary N) is 3. The predicted octanol–water partition coefficient (Wildman–Crippen LogP) is 1.36. The Labute approximate surface area is 105 Å². The lowest BCUT2D eigenvalue weighted by Gasteiger charge is -2.31. The second-order valence-corrected chi connectivity index (χ2v) is 4.80. The molecule has 5 heteroatoms. The quantitative estimate of drug-likeness (QED) is 0.763. The molecule has 1 unspecified atom stereocenters. The van der Waals surface area contributed by atoms with Crippen LogP contribution < -0.4 is 10.6 Å². The zero-order valence-corrected chi connectivity index (χ0v) is 10.2. The van der Waals surface area contributed by atoms with Gasteiger partial charge in [-0.25, -0.2) is 4.98 Å². The van der Waals surface area contributed by atoms with Crippen LogP contribution in [-0.4, -0.2) is 29.0 Å². The van der Waals surface area contributed by atoms with E-state index in [2.05, 4.69) is 20.6 Å². The van der Waals surface area contributed by atoms with Gasteiger partial charge in [0.2, 0.25) is 5.91 Å². The van der Waals surface area contributed by atoms with E-state index in [9.17, 15) is 4.79 Å². The SMILES string of the molecule is CC(C(=O)Nc1cccc2[nH]cnc12)C1CNC1. The fourth-order valence-corrected chi connectivity index (χ4v) is 2.19. The molecule has 0 spiro atoms. The van der Waals surface area contributed by atoms with Crippen LogP contribution in [0.25, 0.3) is 11.0 Å². The lowest BCUT2D eigenvalue weighted by molar-refractivity contribution is -0.121. The van der Waals surface area contributed by atoms with Crippen LogP contribution in [-0.2, 0) is 4.79 Å². The zero-order valence-electron chi connectivity index (χ0n) is 10.2. The van der Waals surface area contributed by atoms with Gasteiger partial charge < -0.3 is 15.6 Å². The van der Waals surface area contributed by atoms with Crippen molar-refractivity contribution in [2.75, 3.05) is 18.4 Å². The third-order valence-corrected chi connectivity index (χ3v) is 3.64. The van der Waals surface area contributed by atoms with Crippen LogP contribution in [0.1, 0.15) is 6.92 Å². The van der Waals surface area contributed by atoms with E-state index < -0.39 is 0 Å². The van der Waals surface area contributed by atoms with Gasteiger partial charge in [0.1, 0.15) is 5.52 Å². The average Bonchev–Trinajstić information content (AvgIpc) is 2.75. The highest BCUT2D eigenvalue weighted by molar-refractivity contribution is 6.00. The lowest BCUT2D eigenvalue weighted by atomic mass is 9.88. The van der Waals surface area contributed by atoms with Crippen molar-refractivity contribution in [3.8, 4) is 0 Å². The average molecular weight is 244 g/mol. The van der Waals surface area contributed by atoms with Crippen molar-refractivity contribution in [1.82, 2.24) is 15.3 Å². The number of rotatable bonds is 3. The highest BCUT2D eigenvalue weighted by atomic mass is 16.1. The maximum atomic E-state index is 12.1. The Morgan fingerprint density at radius 3 is 3.06 bits per heavy atom. The molecule has 0 bridgehead atoms. The number of para-hydroxylation sites is 1. The van der Waals surface area contributed by atoms with Crippen LogP contribution in [0.15, 0.2) is 24.5 Å². The minimum absolute atomic E-state index is 0.0282. The highest BCUT2D eigenvalue weighted by Crippen LogP contribution is 2.22. The normalized spacial score (nSPS) is 17.4. The number of hydrogen-bond acceptors (Lipinski definition) is 3. The fraction of sp³-hybridized carbons (Fsp3) is 0.385. The smallest absolute Gasteiger partial charge is 0.227 e. The molecule has 0 saturated carbocycles. The summed E-state index contributed by atoms with van der Waals surface area (Å²) in [4.78, 5) is 19.4. The van der Waals surface area contributed by atoms with Crippen molar-refractivity contribution >= 4 is 22.6 Å². The first-order valence-electron chi connectivity index (χ1n) is 6.19. The monoisotopic (exact) mass is 244 g/mol. The number of carbonyl (C=O) groups is 1. The van der Waals surface area contributed by atoms with Crippen molar-refractivity contribution in [2.24, 2.45) is 11.8 Å². The van der Waals surface area contributed by atoms with Gasteiger partial charge in [0.05, 0.1) is 17.5 Å². The molecule has 1 saturated heterocycles. The Morgan fingerprint density at radius 1 is 1.50 bits per heavy atom. The molecular weight excluding hydrogens is 228 g/mol. The Bertz CT molecular complexity index is 573. The number of hydrogen-bond donors (Lipinski definition) is 3. The number of benzene rings is 1. The molecule has 0 aliphatic carbocycles. The summed E-state index contributed by atoms with van der Waals surface area (Å²) in [5.41, 5.74) is 2.52. The van der Waals surface area contributed by atoms with E-state index in [4.69, 9.17) is 0 Å². The van der Waals surface area contributed by atoms with Crippen LogP contribution in [0.2, 0.25) is 0 Å². The van der Waals surface area contributed by atoms with E-state index in [-0.39, 0.29) is 11.8 Å². The van der Waals surface area contributed by atoms with Crippen LogP contribution in [0.5, 0.6) is 0 Å². The second-order valence-electron chi connectivity index (χ2n) is 4.80. The summed E-state index contributed by atoms with van der Waals surface area (Å²) in [7, 11) is 0. The van der Waals surface area contributed by atoms with Crippen LogP contribution in [0.4, 0.5) is 5.69 Å². The number of H-pyrrole nitrogens is 1. The maximum absolute atomic E-state index is 12.1. The largest absolute Gasteiger partial charge is 0.345 e. The van der Waals surface area contributed by atoms with Gasteiger partial charge in [0.25, 0.3) is 0 Å². The predicted molar refractivity (Wildman–Crippen MR) is 70.2 cm³/mol. The first kappa shape index (κ1) is 11.2. The molecule has 3 N–H and O–H groups in total. The molecule has 5 nitrogen and oxygen atoms in total. The van der Waals surface area contributed by atoms with Gasteiger partial charge in [-0.15, -0.1) is 0 Å². The highest BCUT2D eigenvalue weighted by Gasteiger charge is 2.28. The summed E-state index contributed by atoms with van der Waals surface area (Å²) < 4.78 is 0. The topological polar surface area (TPSA) is 69.8 Å². The Morgan fingerprint density at radius 2 is 2.33 bits per heavy atom. The number of nitrogens with zero attached hydrogens (tertiary/aromatic N) is 1. The molecule has 1 aromatic carbocycles. The van der Waals surface area contributed by atoms with Gasteiger partial charge in [-0.2, -0.15) is 0 Å². The number of imidazole rings is 1. The third kappa shape index (κ3) is 1.86. The first-order chi connectivity index (χ1) is 8.75. The standard InChI is InChI=1S/C13H16N4O/c1-8(9-5-14-6-9)13(18)17-11-4-2-3-10-12(11)16-7-15-10/h2-4,7-9,14H,5-6H2,1H3,(H,15,16)(H,17,18). The van der Waals surface area contributed by atoms with Gasteiger partial charge in [-0.1, -0.05) is 13.0 Å². The second kappa shape index (κ2) is 4.42.